The Hall–Kier alpha value is -1.63. The number of sulfonamides is 1. The first-order valence-corrected chi connectivity index (χ1v) is 8.12. The third-order valence-electron chi connectivity index (χ3n) is 3.38. The van der Waals surface area contributed by atoms with Gasteiger partial charge in [-0.1, -0.05) is 30.3 Å². The standard InChI is InChI=1S/C15H19NO4S/c1-10(13-7-5-4-6-8-13)16-21(18,19)15-12(3)20-11(2)14(15)9-17/h4-8,10,16-17H,9H2,1-3H3. The smallest absolute Gasteiger partial charge is 0.244 e. The van der Waals surface area contributed by atoms with Gasteiger partial charge in [-0.2, -0.15) is 0 Å². The van der Waals surface area contributed by atoms with Gasteiger partial charge in [0.25, 0.3) is 0 Å². The molecule has 21 heavy (non-hydrogen) atoms. The van der Waals surface area contributed by atoms with Crippen molar-refractivity contribution in [3.8, 4) is 0 Å². The second-order valence-electron chi connectivity index (χ2n) is 4.93. The van der Waals surface area contributed by atoms with Crippen LogP contribution in [-0.4, -0.2) is 13.5 Å². The average Bonchev–Trinajstić information content (AvgIpc) is 2.73. The zero-order valence-corrected chi connectivity index (χ0v) is 13.1. The molecule has 0 amide bonds. The van der Waals surface area contributed by atoms with Crippen molar-refractivity contribution in [3.05, 3.63) is 53.0 Å². The molecule has 0 radical (unpaired) electrons. The molecule has 0 aliphatic heterocycles. The minimum Gasteiger partial charge on any atom is -0.465 e. The van der Waals surface area contributed by atoms with Gasteiger partial charge in [0.1, 0.15) is 16.4 Å². The number of aliphatic hydroxyl groups is 1. The molecule has 1 unspecified atom stereocenters. The molecule has 0 bridgehead atoms. The molecule has 0 aliphatic carbocycles. The maximum atomic E-state index is 12.5. The number of hydrogen-bond donors (Lipinski definition) is 2. The summed E-state index contributed by atoms with van der Waals surface area (Å²) in [5.41, 5.74) is 1.17. The summed E-state index contributed by atoms with van der Waals surface area (Å²) in [4.78, 5) is 0.0327. The highest BCUT2D eigenvalue weighted by molar-refractivity contribution is 7.89. The van der Waals surface area contributed by atoms with E-state index in [-0.39, 0.29) is 23.3 Å². The highest BCUT2D eigenvalue weighted by Crippen LogP contribution is 2.27. The molecule has 0 aliphatic rings. The van der Waals surface area contributed by atoms with Gasteiger partial charge < -0.3 is 9.52 Å². The first-order chi connectivity index (χ1) is 9.86. The highest BCUT2D eigenvalue weighted by atomic mass is 32.2. The molecule has 1 aromatic carbocycles. The van der Waals surface area contributed by atoms with Crippen LogP contribution in [0.4, 0.5) is 0 Å². The van der Waals surface area contributed by atoms with E-state index in [9.17, 15) is 13.5 Å². The summed E-state index contributed by atoms with van der Waals surface area (Å²) in [5, 5.41) is 9.37. The maximum Gasteiger partial charge on any atom is 0.244 e. The van der Waals surface area contributed by atoms with Gasteiger partial charge in [0.05, 0.1) is 6.61 Å². The Kier molecular flexibility index (Phi) is 4.51. The van der Waals surface area contributed by atoms with Crippen molar-refractivity contribution >= 4 is 10.0 Å². The Morgan fingerprint density at radius 2 is 1.81 bits per heavy atom. The van der Waals surface area contributed by atoms with Crippen molar-refractivity contribution < 1.29 is 17.9 Å². The van der Waals surface area contributed by atoms with Crippen molar-refractivity contribution in [2.24, 2.45) is 0 Å². The summed E-state index contributed by atoms with van der Waals surface area (Å²) in [6.45, 7) is 4.61. The summed E-state index contributed by atoms with van der Waals surface area (Å²) < 4.78 is 33.0. The molecule has 0 saturated heterocycles. The third-order valence-corrected chi connectivity index (χ3v) is 5.12. The van der Waals surface area contributed by atoms with Crippen molar-refractivity contribution in [1.29, 1.82) is 0 Å². The minimum atomic E-state index is -3.76. The van der Waals surface area contributed by atoms with Gasteiger partial charge in [-0.15, -0.1) is 0 Å². The number of benzene rings is 1. The molecule has 6 heteroatoms. The van der Waals surface area contributed by atoms with E-state index >= 15 is 0 Å². The van der Waals surface area contributed by atoms with Crippen LogP contribution in [0.15, 0.2) is 39.6 Å². The molecule has 114 valence electrons. The van der Waals surface area contributed by atoms with Crippen molar-refractivity contribution in [1.82, 2.24) is 4.72 Å². The summed E-state index contributed by atoms with van der Waals surface area (Å²) in [7, 11) is -3.76. The van der Waals surface area contributed by atoms with E-state index in [0.29, 0.717) is 11.3 Å². The van der Waals surface area contributed by atoms with Crippen molar-refractivity contribution in [2.45, 2.75) is 38.3 Å². The van der Waals surface area contributed by atoms with E-state index in [0.717, 1.165) is 5.56 Å². The Bertz CT molecular complexity index is 720. The molecule has 5 nitrogen and oxygen atoms in total. The number of aliphatic hydroxyl groups excluding tert-OH is 1. The van der Waals surface area contributed by atoms with Crippen molar-refractivity contribution in [3.63, 3.8) is 0 Å². The van der Waals surface area contributed by atoms with Crippen LogP contribution in [0, 0.1) is 13.8 Å². The normalized spacial score (nSPS) is 13.3. The molecule has 0 spiro atoms. The van der Waals surface area contributed by atoms with E-state index in [4.69, 9.17) is 4.42 Å². The van der Waals surface area contributed by atoms with Crippen LogP contribution in [-0.2, 0) is 16.6 Å². The average molecular weight is 309 g/mol. The molecule has 2 N–H and O–H groups in total. The Balaban J connectivity index is 2.36. The lowest BCUT2D eigenvalue weighted by atomic mass is 10.1. The van der Waals surface area contributed by atoms with Crippen LogP contribution in [0.5, 0.6) is 0 Å². The maximum absolute atomic E-state index is 12.5. The molecule has 0 fully saturated rings. The second-order valence-corrected chi connectivity index (χ2v) is 6.58. The number of hydrogen-bond acceptors (Lipinski definition) is 4. The fraction of sp³-hybridized carbons (Fsp3) is 0.333. The Labute approximate surface area is 124 Å². The largest absolute Gasteiger partial charge is 0.465 e. The molecular weight excluding hydrogens is 290 g/mol. The monoisotopic (exact) mass is 309 g/mol. The van der Waals surface area contributed by atoms with Gasteiger partial charge in [-0.25, -0.2) is 13.1 Å². The number of rotatable bonds is 5. The third kappa shape index (κ3) is 3.18. The predicted molar refractivity (Wildman–Crippen MR) is 79.3 cm³/mol. The van der Waals surface area contributed by atoms with Crippen LogP contribution in [0.3, 0.4) is 0 Å². The van der Waals surface area contributed by atoms with Crippen LogP contribution in [0.1, 0.15) is 35.6 Å². The minimum absolute atomic E-state index is 0.0327. The van der Waals surface area contributed by atoms with E-state index in [1.54, 1.807) is 20.8 Å². The van der Waals surface area contributed by atoms with Crippen molar-refractivity contribution in [2.75, 3.05) is 0 Å². The van der Waals surface area contributed by atoms with Gasteiger partial charge in [0.15, 0.2) is 0 Å². The molecular formula is C15H19NO4S. The van der Waals surface area contributed by atoms with Gasteiger partial charge >= 0.3 is 0 Å². The van der Waals surface area contributed by atoms with E-state index in [2.05, 4.69) is 4.72 Å². The first-order valence-electron chi connectivity index (χ1n) is 6.63. The molecule has 1 aromatic heterocycles. The molecule has 2 aromatic rings. The summed E-state index contributed by atoms with van der Waals surface area (Å²) >= 11 is 0. The van der Waals surface area contributed by atoms with Gasteiger partial charge in [-0.3, -0.25) is 0 Å². The molecule has 1 atom stereocenters. The fourth-order valence-electron chi connectivity index (χ4n) is 2.35. The lowest BCUT2D eigenvalue weighted by molar-refractivity contribution is 0.276. The van der Waals surface area contributed by atoms with Crippen LogP contribution < -0.4 is 4.72 Å². The van der Waals surface area contributed by atoms with Crippen LogP contribution >= 0.6 is 0 Å². The van der Waals surface area contributed by atoms with Crippen LogP contribution in [0.25, 0.3) is 0 Å². The van der Waals surface area contributed by atoms with Gasteiger partial charge in [0, 0.05) is 11.6 Å². The van der Waals surface area contributed by atoms with E-state index in [1.165, 1.54) is 0 Å². The van der Waals surface area contributed by atoms with Gasteiger partial charge in [0.2, 0.25) is 10.0 Å². The summed E-state index contributed by atoms with van der Waals surface area (Å²) in [6.07, 6.45) is 0. The van der Waals surface area contributed by atoms with E-state index < -0.39 is 10.0 Å². The summed E-state index contributed by atoms with van der Waals surface area (Å²) in [5.74, 6) is 0.701. The quantitative estimate of drug-likeness (QED) is 0.889. The lowest BCUT2D eigenvalue weighted by Gasteiger charge is -2.15. The van der Waals surface area contributed by atoms with Crippen LogP contribution in [0.2, 0.25) is 0 Å². The molecule has 0 saturated carbocycles. The number of furan rings is 1. The zero-order valence-electron chi connectivity index (χ0n) is 12.3. The molecule has 1 heterocycles. The predicted octanol–water partition coefficient (Wildman–Crippen LogP) is 2.43. The topological polar surface area (TPSA) is 79.5 Å². The van der Waals surface area contributed by atoms with E-state index in [1.807, 2.05) is 30.3 Å². The lowest BCUT2D eigenvalue weighted by Crippen LogP contribution is -2.27. The fourth-order valence-corrected chi connectivity index (χ4v) is 4.02. The summed E-state index contributed by atoms with van der Waals surface area (Å²) in [6, 6.07) is 8.91. The number of nitrogens with one attached hydrogen (secondary N) is 1. The number of aryl methyl sites for hydroxylation is 2. The first kappa shape index (κ1) is 15.8. The molecule has 2 rings (SSSR count). The zero-order chi connectivity index (χ0) is 15.6. The van der Waals surface area contributed by atoms with Gasteiger partial charge in [-0.05, 0) is 26.3 Å². The SMILES string of the molecule is Cc1oc(C)c(S(=O)(=O)NC(C)c2ccccc2)c1CO. The Morgan fingerprint density at radius 3 is 2.38 bits per heavy atom. The Morgan fingerprint density at radius 1 is 1.19 bits per heavy atom. The second kappa shape index (κ2) is 6.01. The highest BCUT2D eigenvalue weighted by Gasteiger charge is 2.28.